The molecule has 0 bridgehead atoms. The lowest BCUT2D eigenvalue weighted by atomic mass is 9.73. The first-order valence-corrected chi connectivity index (χ1v) is 11.1. The molecule has 0 amide bonds. The number of benzene rings is 1. The van der Waals surface area contributed by atoms with Crippen LogP contribution in [0.4, 0.5) is 0 Å². The predicted molar refractivity (Wildman–Crippen MR) is 117 cm³/mol. The summed E-state index contributed by atoms with van der Waals surface area (Å²) in [5, 5.41) is 3.43. The third-order valence-electron chi connectivity index (χ3n) is 5.67. The van der Waals surface area contributed by atoms with E-state index in [4.69, 9.17) is 0 Å². The van der Waals surface area contributed by atoms with E-state index in [-0.39, 0.29) is 24.0 Å². The summed E-state index contributed by atoms with van der Waals surface area (Å²) in [7, 11) is -1.30. The topological polar surface area (TPSA) is 61.8 Å². The number of hydrogen-bond acceptors (Lipinski definition) is 3. The molecule has 1 aliphatic heterocycles. The molecule has 1 spiro atoms. The molecule has 1 heterocycles. The quantitative estimate of drug-likeness (QED) is 0.400. The van der Waals surface area contributed by atoms with Crippen LogP contribution in [0.2, 0.25) is 0 Å². The maximum absolute atomic E-state index is 11.5. The van der Waals surface area contributed by atoms with Crippen molar-refractivity contribution >= 4 is 39.8 Å². The molecule has 5 nitrogen and oxygen atoms in total. The number of halogens is 1. The van der Waals surface area contributed by atoms with E-state index in [2.05, 4.69) is 15.2 Å². The van der Waals surface area contributed by atoms with Crippen LogP contribution in [0.3, 0.4) is 0 Å². The third-order valence-corrected chi connectivity index (χ3v) is 6.79. The molecule has 26 heavy (non-hydrogen) atoms. The van der Waals surface area contributed by atoms with Gasteiger partial charge in [0.2, 0.25) is 0 Å². The van der Waals surface area contributed by atoms with E-state index in [1.54, 1.807) is 12.1 Å². The zero-order chi connectivity index (χ0) is 17.9. The molecule has 1 aromatic carbocycles. The van der Waals surface area contributed by atoms with Crippen LogP contribution in [0.5, 0.6) is 0 Å². The van der Waals surface area contributed by atoms with Crippen LogP contribution in [-0.2, 0) is 16.4 Å². The van der Waals surface area contributed by atoms with Gasteiger partial charge in [-0.3, -0.25) is 4.99 Å². The molecule has 146 valence electrons. The summed E-state index contributed by atoms with van der Waals surface area (Å²) in [6.45, 7) is 2.84. The van der Waals surface area contributed by atoms with Crippen LogP contribution in [0.1, 0.15) is 44.1 Å². The lowest BCUT2D eigenvalue weighted by Crippen LogP contribution is -2.41. The smallest absolute Gasteiger partial charge is 0.193 e. The highest BCUT2D eigenvalue weighted by Crippen LogP contribution is 2.43. The van der Waals surface area contributed by atoms with E-state index < -0.39 is 9.84 Å². The van der Waals surface area contributed by atoms with Crippen LogP contribution in [0.15, 0.2) is 34.2 Å². The van der Waals surface area contributed by atoms with E-state index >= 15 is 0 Å². The molecule has 1 saturated carbocycles. The maximum atomic E-state index is 11.5. The van der Waals surface area contributed by atoms with Gasteiger partial charge in [-0.15, -0.1) is 24.0 Å². The van der Waals surface area contributed by atoms with E-state index in [1.807, 2.05) is 19.2 Å². The van der Waals surface area contributed by atoms with Crippen LogP contribution in [-0.4, -0.2) is 45.7 Å². The average molecular weight is 491 g/mol. The molecule has 1 aliphatic carbocycles. The Balaban J connectivity index is 0.00000243. The number of nitrogens with zero attached hydrogens (tertiary/aromatic N) is 2. The number of aliphatic imine (C=N–C) groups is 1. The molecule has 3 rings (SSSR count). The highest BCUT2D eigenvalue weighted by atomic mass is 127. The number of likely N-dealkylation sites (tertiary alicyclic amines) is 1. The predicted octanol–water partition coefficient (Wildman–Crippen LogP) is 3.44. The van der Waals surface area contributed by atoms with Crippen molar-refractivity contribution in [1.82, 2.24) is 10.2 Å². The van der Waals surface area contributed by atoms with Gasteiger partial charge in [0.05, 0.1) is 4.90 Å². The Labute approximate surface area is 174 Å². The minimum absolute atomic E-state index is 0. The Morgan fingerprint density at radius 2 is 1.81 bits per heavy atom. The lowest BCUT2D eigenvalue weighted by molar-refractivity contribution is 0.203. The number of sulfone groups is 1. The molecular weight excluding hydrogens is 461 g/mol. The summed E-state index contributed by atoms with van der Waals surface area (Å²) < 4.78 is 23.1. The van der Waals surface area contributed by atoms with Gasteiger partial charge >= 0.3 is 0 Å². The summed E-state index contributed by atoms with van der Waals surface area (Å²) in [6.07, 6.45) is 9.34. The maximum Gasteiger partial charge on any atom is 0.193 e. The van der Waals surface area contributed by atoms with E-state index in [9.17, 15) is 8.42 Å². The van der Waals surface area contributed by atoms with Crippen molar-refractivity contribution in [2.24, 2.45) is 10.4 Å². The lowest BCUT2D eigenvalue weighted by Gasteiger charge is -2.33. The average Bonchev–Trinajstić information content (AvgIpc) is 2.99. The molecule has 1 N–H and O–H groups in total. The summed E-state index contributed by atoms with van der Waals surface area (Å²) in [5.41, 5.74) is 1.56. The highest BCUT2D eigenvalue weighted by molar-refractivity contribution is 14.0. The Kier molecular flexibility index (Phi) is 7.35. The van der Waals surface area contributed by atoms with E-state index in [1.165, 1.54) is 44.8 Å². The zero-order valence-corrected chi connectivity index (χ0v) is 18.8. The number of hydrogen-bond donors (Lipinski definition) is 1. The Bertz CT molecular complexity index is 726. The highest BCUT2D eigenvalue weighted by Gasteiger charge is 2.39. The van der Waals surface area contributed by atoms with Crippen molar-refractivity contribution < 1.29 is 8.42 Å². The van der Waals surface area contributed by atoms with Gasteiger partial charge in [-0.2, -0.15) is 0 Å². The van der Waals surface area contributed by atoms with Gasteiger partial charge in [0.25, 0.3) is 0 Å². The molecule has 0 aromatic heterocycles. The number of rotatable bonds is 3. The van der Waals surface area contributed by atoms with Gasteiger partial charge < -0.3 is 10.2 Å². The number of guanidine groups is 1. The molecule has 0 unspecified atom stereocenters. The Hall–Kier alpha value is -0.830. The second-order valence-corrected chi connectivity index (χ2v) is 9.56. The fraction of sp³-hybridized carbons (Fsp3) is 0.632. The zero-order valence-electron chi connectivity index (χ0n) is 15.7. The van der Waals surface area contributed by atoms with Gasteiger partial charge in [0, 0.05) is 32.9 Å². The number of nitrogens with one attached hydrogen (secondary N) is 1. The van der Waals surface area contributed by atoms with Gasteiger partial charge in [0.15, 0.2) is 15.8 Å². The van der Waals surface area contributed by atoms with Crippen LogP contribution >= 0.6 is 24.0 Å². The van der Waals surface area contributed by atoms with Crippen LogP contribution in [0.25, 0.3) is 0 Å². The summed E-state index contributed by atoms with van der Waals surface area (Å²) in [6, 6.07) is 7.07. The first-order chi connectivity index (χ1) is 11.9. The fourth-order valence-electron chi connectivity index (χ4n) is 4.19. The molecule has 0 atom stereocenters. The minimum atomic E-state index is -3.14. The minimum Gasteiger partial charge on any atom is -0.352 e. The first-order valence-electron chi connectivity index (χ1n) is 9.17. The molecule has 1 saturated heterocycles. The van der Waals surface area contributed by atoms with Crippen molar-refractivity contribution in [3.05, 3.63) is 29.8 Å². The SMILES string of the molecule is CN=C(NCc1ccc(S(C)(=O)=O)cc1)N1CCC2(CCCCC2)C1.I. The largest absolute Gasteiger partial charge is 0.352 e. The molecule has 0 radical (unpaired) electrons. The van der Waals surface area contributed by atoms with E-state index in [0.717, 1.165) is 24.6 Å². The van der Waals surface area contributed by atoms with Crippen LogP contribution < -0.4 is 5.32 Å². The van der Waals surface area contributed by atoms with Gasteiger partial charge in [0.1, 0.15) is 0 Å². The molecule has 1 aromatic rings. The third kappa shape index (κ3) is 5.12. The normalized spacial score (nSPS) is 20.1. The van der Waals surface area contributed by atoms with Crippen molar-refractivity contribution in [3.8, 4) is 0 Å². The van der Waals surface area contributed by atoms with Crippen LogP contribution in [0, 0.1) is 5.41 Å². The van der Waals surface area contributed by atoms with Crippen molar-refractivity contribution in [1.29, 1.82) is 0 Å². The summed E-state index contributed by atoms with van der Waals surface area (Å²) in [4.78, 5) is 7.20. The Morgan fingerprint density at radius 3 is 2.38 bits per heavy atom. The van der Waals surface area contributed by atoms with Gasteiger partial charge in [-0.25, -0.2) is 8.42 Å². The monoisotopic (exact) mass is 491 g/mol. The van der Waals surface area contributed by atoms with Crippen molar-refractivity contribution in [2.45, 2.75) is 50.0 Å². The van der Waals surface area contributed by atoms with E-state index in [0.29, 0.717) is 16.9 Å². The first kappa shape index (κ1) is 21.5. The van der Waals surface area contributed by atoms with Gasteiger partial charge in [-0.05, 0) is 42.4 Å². The second-order valence-electron chi connectivity index (χ2n) is 7.55. The van der Waals surface area contributed by atoms with Crippen molar-refractivity contribution in [3.63, 3.8) is 0 Å². The summed E-state index contributed by atoms with van der Waals surface area (Å²) >= 11 is 0. The standard InChI is InChI=1S/C19H29N3O2S.HI/c1-20-18(22-13-12-19(15-22)10-4-3-5-11-19)21-14-16-6-8-17(9-7-16)25(2,23)24;/h6-9H,3-5,10-15H2,1-2H3,(H,20,21);1H. The molecule has 2 aliphatic rings. The Morgan fingerprint density at radius 1 is 1.15 bits per heavy atom. The second kappa shape index (κ2) is 8.91. The molecule has 7 heteroatoms. The fourth-order valence-corrected chi connectivity index (χ4v) is 4.82. The summed E-state index contributed by atoms with van der Waals surface area (Å²) in [5.74, 6) is 0.953. The van der Waals surface area contributed by atoms with Gasteiger partial charge in [-0.1, -0.05) is 31.4 Å². The molecule has 2 fully saturated rings. The van der Waals surface area contributed by atoms with Crippen molar-refractivity contribution in [2.75, 3.05) is 26.4 Å². The molecular formula is C19H30IN3O2S.